The monoisotopic (exact) mass is 202 g/mol. The quantitative estimate of drug-likeness (QED) is 0.730. The summed E-state index contributed by atoms with van der Waals surface area (Å²) in [5.74, 6) is 0.244. The van der Waals surface area contributed by atoms with Gasteiger partial charge in [-0.05, 0) is 12.1 Å². The van der Waals surface area contributed by atoms with Crippen LogP contribution < -0.4 is 10.6 Å². The van der Waals surface area contributed by atoms with Gasteiger partial charge >= 0.3 is 0 Å². The van der Waals surface area contributed by atoms with E-state index in [9.17, 15) is 4.79 Å². The zero-order valence-electron chi connectivity index (χ0n) is 6.95. The van der Waals surface area contributed by atoms with Gasteiger partial charge in [0.05, 0.1) is 12.3 Å². The first-order valence-electron chi connectivity index (χ1n) is 3.91. The third kappa shape index (κ3) is 2.23. The molecular formula is C8H11ClN2O2. The molecule has 0 unspecified atom stereocenters. The summed E-state index contributed by atoms with van der Waals surface area (Å²) in [6, 6.07) is 3.62. The molecule has 0 saturated carbocycles. The second-order valence-electron chi connectivity index (χ2n) is 2.81. The first-order chi connectivity index (χ1) is 5.86. The topological polar surface area (TPSA) is 54.3 Å². The molecule has 1 aliphatic heterocycles. The minimum Gasteiger partial charge on any atom is -0.459 e. The van der Waals surface area contributed by atoms with Gasteiger partial charge in [-0.2, -0.15) is 0 Å². The minimum absolute atomic E-state index is 0. The second kappa shape index (κ2) is 4.30. The molecule has 1 saturated heterocycles. The van der Waals surface area contributed by atoms with Crippen LogP contribution in [0.2, 0.25) is 0 Å². The smallest absolute Gasteiger partial charge is 0.287 e. The average Bonchev–Trinajstić information content (AvgIpc) is 2.47. The van der Waals surface area contributed by atoms with Crippen molar-refractivity contribution in [2.24, 2.45) is 0 Å². The van der Waals surface area contributed by atoms with Gasteiger partial charge in [0.15, 0.2) is 5.76 Å². The van der Waals surface area contributed by atoms with Crippen LogP contribution in [0.15, 0.2) is 22.8 Å². The molecule has 1 amide bonds. The number of nitrogens with one attached hydrogen (secondary N) is 2. The number of carbonyl (C=O) groups excluding carboxylic acids is 1. The highest BCUT2D eigenvalue weighted by atomic mass is 35.5. The van der Waals surface area contributed by atoms with E-state index >= 15 is 0 Å². The first-order valence-corrected chi connectivity index (χ1v) is 3.91. The highest BCUT2D eigenvalue weighted by Crippen LogP contribution is 2.01. The van der Waals surface area contributed by atoms with Crippen molar-refractivity contribution in [2.75, 3.05) is 13.1 Å². The Bertz CT molecular complexity index is 270. The lowest BCUT2D eigenvalue weighted by molar-refractivity contribution is 0.0895. The Kier molecular flexibility index (Phi) is 3.33. The van der Waals surface area contributed by atoms with Gasteiger partial charge in [0, 0.05) is 13.1 Å². The number of rotatable bonds is 2. The molecule has 1 aromatic rings. The van der Waals surface area contributed by atoms with Crippen molar-refractivity contribution in [1.82, 2.24) is 10.6 Å². The summed E-state index contributed by atoms with van der Waals surface area (Å²) < 4.78 is 4.93. The fourth-order valence-electron chi connectivity index (χ4n) is 1.06. The summed E-state index contributed by atoms with van der Waals surface area (Å²) in [6.45, 7) is 1.71. The van der Waals surface area contributed by atoms with Gasteiger partial charge < -0.3 is 15.1 Å². The molecule has 2 N–H and O–H groups in total. The molecule has 2 heterocycles. The summed E-state index contributed by atoms with van der Waals surface area (Å²) >= 11 is 0. The van der Waals surface area contributed by atoms with Crippen molar-refractivity contribution in [3.8, 4) is 0 Å². The molecule has 0 aromatic carbocycles. The summed E-state index contributed by atoms with van der Waals surface area (Å²) in [7, 11) is 0. The van der Waals surface area contributed by atoms with Crippen molar-refractivity contribution in [3.05, 3.63) is 24.2 Å². The molecule has 0 bridgehead atoms. The van der Waals surface area contributed by atoms with Crippen LogP contribution in [0, 0.1) is 0 Å². The fourth-order valence-corrected chi connectivity index (χ4v) is 1.06. The van der Waals surface area contributed by atoms with Crippen LogP contribution >= 0.6 is 12.4 Å². The van der Waals surface area contributed by atoms with Crippen molar-refractivity contribution in [1.29, 1.82) is 0 Å². The lowest BCUT2D eigenvalue weighted by Gasteiger charge is -2.27. The molecule has 13 heavy (non-hydrogen) atoms. The molecule has 0 radical (unpaired) electrons. The lowest BCUT2D eigenvalue weighted by Crippen LogP contribution is -2.56. The molecule has 0 atom stereocenters. The number of carbonyl (C=O) groups is 1. The lowest BCUT2D eigenvalue weighted by atomic mass is 10.2. The van der Waals surface area contributed by atoms with E-state index in [-0.39, 0.29) is 24.4 Å². The third-order valence-electron chi connectivity index (χ3n) is 1.86. The molecule has 72 valence electrons. The van der Waals surface area contributed by atoms with E-state index in [0.29, 0.717) is 5.76 Å². The zero-order chi connectivity index (χ0) is 8.39. The summed E-state index contributed by atoms with van der Waals surface area (Å²) in [6.07, 6.45) is 1.49. The van der Waals surface area contributed by atoms with Crippen LogP contribution in [-0.2, 0) is 0 Å². The van der Waals surface area contributed by atoms with Crippen molar-refractivity contribution < 1.29 is 9.21 Å². The zero-order valence-corrected chi connectivity index (χ0v) is 7.76. The van der Waals surface area contributed by atoms with Crippen molar-refractivity contribution >= 4 is 18.3 Å². The van der Waals surface area contributed by atoms with E-state index in [1.807, 2.05) is 0 Å². The number of furan rings is 1. The Morgan fingerprint density at radius 2 is 2.38 bits per heavy atom. The van der Waals surface area contributed by atoms with Crippen LogP contribution in [0.1, 0.15) is 10.6 Å². The van der Waals surface area contributed by atoms with Crippen LogP contribution in [-0.4, -0.2) is 25.0 Å². The maximum absolute atomic E-state index is 11.3. The molecule has 1 aromatic heterocycles. The molecule has 5 heteroatoms. The van der Waals surface area contributed by atoms with Gasteiger partial charge in [-0.15, -0.1) is 12.4 Å². The maximum Gasteiger partial charge on any atom is 0.287 e. The standard InChI is InChI=1S/C8H10N2O2.ClH/c11-8(7-2-1-3-12-7)10-6-4-9-5-6;/h1-3,6,9H,4-5H2,(H,10,11);1H. The van der Waals surface area contributed by atoms with Crippen molar-refractivity contribution in [3.63, 3.8) is 0 Å². The molecule has 0 spiro atoms. The normalized spacial score (nSPS) is 15.7. The predicted molar refractivity (Wildman–Crippen MR) is 50.1 cm³/mol. The second-order valence-corrected chi connectivity index (χ2v) is 2.81. The van der Waals surface area contributed by atoms with E-state index in [0.717, 1.165) is 13.1 Å². The van der Waals surface area contributed by atoms with Gasteiger partial charge in [-0.1, -0.05) is 0 Å². The Labute approximate surface area is 82.1 Å². The Hall–Kier alpha value is -1.00. The van der Waals surface area contributed by atoms with E-state index in [1.165, 1.54) is 6.26 Å². The van der Waals surface area contributed by atoms with Gasteiger partial charge in [-0.3, -0.25) is 4.79 Å². The number of hydrogen-bond acceptors (Lipinski definition) is 3. The van der Waals surface area contributed by atoms with Crippen LogP contribution in [0.5, 0.6) is 0 Å². The predicted octanol–water partition coefficient (Wildman–Crippen LogP) is 0.403. The van der Waals surface area contributed by atoms with E-state index in [4.69, 9.17) is 4.42 Å². The Morgan fingerprint density at radius 1 is 1.62 bits per heavy atom. The molecule has 1 fully saturated rings. The SMILES string of the molecule is Cl.O=C(NC1CNC1)c1ccco1. The highest BCUT2D eigenvalue weighted by Gasteiger charge is 2.20. The molecular weight excluding hydrogens is 192 g/mol. The Balaban J connectivity index is 0.000000845. The van der Waals surface area contributed by atoms with Gasteiger partial charge in [0.1, 0.15) is 0 Å². The molecule has 4 nitrogen and oxygen atoms in total. The third-order valence-corrected chi connectivity index (χ3v) is 1.86. The molecule has 0 aliphatic carbocycles. The summed E-state index contributed by atoms with van der Waals surface area (Å²) in [5, 5.41) is 5.89. The average molecular weight is 203 g/mol. The van der Waals surface area contributed by atoms with Crippen LogP contribution in [0.4, 0.5) is 0 Å². The fraction of sp³-hybridized carbons (Fsp3) is 0.375. The summed E-state index contributed by atoms with van der Waals surface area (Å²) in [5.41, 5.74) is 0. The van der Waals surface area contributed by atoms with E-state index in [1.54, 1.807) is 12.1 Å². The van der Waals surface area contributed by atoms with E-state index < -0.39 is 0 Å². The first kappa shape index (κ1) is 10.1. The van der Waals surface area contributed by atoms with Crippen molar-refractivity contribution in [2.45, 2.75) is 6.04 Å². The molecule has 2 rings (SSSR count). The number of amides is 1. The van der Waals surface area contributed by atoms with E-state index in [2.05, 4.69) is 10.6 Å². The largest absolute Gasteiger partial charge is 0.459 e. The number of hydrogen-bond donors (Lipinski definition) is 2. The maximum atomic E-state index is 11.3. The molecule has 1 aliphatic rings. The summed E-state index contributed by atoms with van der Waals surface area (Å²) in [4.78, 5) is 11.3. The van der Waals surface area contributed by atoms with Crippen LogP contribution in [0.3, 0.4) is 0 Å². The Morgan fingerprint density at radius 3 is 2.85 bits per heavy atom. The number of halogens is 1. The highest BCUT2D eigenvalue weighted by molar-refractivity contribution is 5.91. The van der Waals surface area contributed by atoms with Gasteiger partial charge in [0.2, 0.25) is 0 Å². The van der Waals surface area contributed by atoms with Crippen LogP contribution in [0.25, 0.3) is 0 Å². The van der Waals surface area contributed by atoms with Gasteiger partial charge in [-0.25, -0.2) is 0 Å². The van der Waals surface area contributed by atoms with Gasteiger partial charge in [0.25, 0.3) is 5.91 Å². The minimum atomic E-state index is -0.133.